The first-order chi connectivity index (χ1) is 9.01. The van der Waals surface area contributed by atoms with Crippen molar-refractivity contribution in [3.05, 3.63) is 29.8 Å². The zero-order chi connectivity index (χ0) is 13.9. The topological polar surface area (TPSA) is 18.5 Å². The van der Waals surface area contributed by atoms with Gasteiger partial charge in [-0.2, -0.15) is 0 Å². The molecule has 0 spiro atoms. The van der Waals surface area contributed by atoms with E-state index in [1.165, 1.54) is 18.4 Å². The summed E-state index contributed by atoms with van der Waals surface area (Å²) in [5, 5.41) is 0. The number of hydrogen-bond acceptors (Lipinski definition) is 2. The van der Waals surface area contributed by atoms with Gasteiger partial charge in [0.05, 0.1) is 12.7 Å². The third-order valence-electron chi connectivity index (χ3n) is 4.27. The normalized spacial score (nSPS) is 26.1. The second-order valence-electron chi connectivity index (χ2n) is 6.29. The summed E-state index contributed by atoms with van der Waals surface area (Å²) in [5.74, 6) is 0.932. The lowest BCUT2D eigenvalue weighted by Crippen LogP contribution is -2.43. The molecule has 1 heterocycles. The van der Waals surface area contributed by atoms with Crippen LogP contribution in [0.1, 0.15) is 52.0 Å². The van der Waals surface area contributed by atoms with E-state index >= 15 is 0 Å². The van der Waals surface area contributed by atoms with E-state index < -0.39 is 0 Å². The largest absolute Gasteiger partial charge is 0.497 e. The smallest absolute Gasteiger partial charge is 0.118 e. The quantitative estimate of drug-likeness (QED) is 0.804. The number of rotatable bonds is 4. The zero-order valence-corrected chi connectivity index (χ0v) is 12.7. The third kappa shape index (κ3) is 3.11. The van der Waals surface area contributed by atoms with E-state index in [1.54, 1.807) is 7.11 Å². The van der Waals surface area contributed by atoms with Crippen molar-refractivity contribution in [1.29, 1.82) is 0 Å². The maximum Gasteiger partial charge on any atom is 0.118 e. The molecule has 2 rings (SSSR count). The summed E-state index contributed by atoms with van der Waals surface area (Å²) >= 11 is 0. The summed E-state index contributed by atoms with van der Waals surface area (Å²) in [6, 6.07) is 8.62. The van der Waals surface area contributed by atoms with Crippen LogP contribution in [0, 0.1) is 0 Å². The fourth-order valence-electron chi connectivity index (χ4n) is 3.50. The standard InChI is InChI=1S/C17H26O2/c1-5-10-17(11-12-19-16(2,3)13-17)14-6-8-15(18-4)9-7-14/h6-9H,5,10-13H2,1-4H3. The predicted molar refractivity (Wildman–Crippen MR) is 78.8 cm³/mol. The van der Waals surface area contributed by atoms with Crippen LogP contribution in [0.2, 0.25) is 0 Å². The molecule has 1 aliphatic rings. The molecule has 1 aromatic carbocycles. The highest BCUT2D eigenvalue weighted by Gasteiger charge is 2.41. The summed E-state index contributed by atoms with van der Waals surface area (Å²) in [6.45, 7) is 7.55. The fraction of sp³-hybridized carbons (Fsp3) is 0.647. The van der Waals surface area contributed by atoms with Gasteiger partial charge < -0.3 is 9.47 Å². The monoisotopic (exact) mass is 262 g/mol. The Morgan fingerprint density at radius 1 is 1.21 bits per heavy atom. The van der Waals surface area contributed by atoms with Crippen molar-refractivity contribution >= 4 is 0 Å². The van der Waals surface area contributed by atoms with Crippen LogP contribution in [-0.4, -0.2) is 19.3 Å². The Kier molecular flexibility index (Phi) is 4.19. The highest BCUT2D eigenvalue weighted by atomic mass is 16.5. The van der Waals surface area contributed by atoms with Gasteiger partial charge in [0.1, 0.15) is 5.75 Å². The van der Waals surface area contributed by atoms with Crippen molar-refractivity contribution in [2.75, 3.05) is 13.7 Å². The molecule has 2 nitrogen and oxygen atoms in total. The van der Waals surface area contributed by atoms with E-state index in [2.05, 4.69) is 45.0 Å². The number of benzene rings is 1. The number of methoxy groups -OCH3 is 1. The second-order valence-corrected chi connectivity index (χ2v) is 6.29. The van der Waals surface area contributed by atoms with Crippen LogP contribution in [0.15, 0.2) is 24.3 Å². The molecule has 1 saturated heterocycles. The maximum atomic E-state index is 5.91. The van der Waals surface area contributed by atoms with E-state index in [-0.39, 0.29) is 11.0 Å². The predicted octanol–water partition coefficient (Wildman–Crippen LogP) is 4.32. The summed E-state index contributed by atoms with van der Waals surface area (Å²) in [4.78, 5) is 0. The van der Waals surface area contributed by atoms with Gasteiger partial charge in [-0.15, -0.1) is 0 Å². The molecular formula is C17H26O2. The lowest BCUT2D eigenvalue weighted by molar-refractivity contribution is -0.0842. The highest BCUT2D eigenvalue weighted by Crippen LogP contribution is 2.44. The fourth-order valence-corrected chi connectivity index (χ4v) is 3.50. The average Bonchev–Trinajstić information content (AvgIpc) is 2.38. The molecule has 0 aliphatic carbocycles. The van der Waals surface area contributed by atoms with Crippen molar-refractivity contribution in [2.24, 2.45) is 0 Å². The molecule has 1 atom stereocenters. The first-order valence-electron chi connectivity index (χ1n) is 7.30. The molecule has 0 N–H and O–H groups in total. The van der Waals surface area contributed by atoms with E-state index in [9.17, 15) is 0 Å². The summed E-state index contributed by atoms with van der Waals surface area (Å²) in [7, 11) is 1.72. The minimum Gasteiger partial charge on any atom is -0.497 e. The van der Waals surface area contributed by atoms with Crippen molar-refractivity contribution in [3.63, 3.8) is 0 Å². The van der Waals surface area contributed by atoms with Crippen molar-refractivity contribution in [3.8, 4) is 5.75 Å². The summed E-state index contributed by atoms with van der Waals surface area (Å²) in [5.41, 5.74) is 1.68. The molecule has 0 aromatic heterocycles. The lowest BCUT2D eigenvalue weighted by atomic mass is 9.67. The summed E-state index contributed by atoms with van der Waals surface area (Å²) < 4.78 is 11.2. The van der Waals surface area contributed by atoms with E-state index in [1.807, 2.05) is 0 Å². The van der Waals surface area contributed by atoms with E-state index in [0.717, 1.165) is 25.2 Å². The van der Waals surface area contributed by atoms with Crippen LogP contribution in [-0.2, 0) is 10.2 Å². The summed E-state index contributed by atoms with van der Waals surface area (Å²) in [6.07, 6.45) is 4.66. The van der Waals surface area contributed by atoms with Crippen LogP contribution < -0.4 is 4.74 Å². The SMILES string of the molecule is CCCC1(c2ccc(OC)cc2)CCOC(C)(C)C1. The minimum atomic E-state index is -0.0205. The Labute approximate surface area is 117 Å². The van der Waals surface area contributed by atoms with Gasteiger partial charge in [0, 0.05) is 12.0 Å². The van der Waals surface area contributed by atoms with Gasteiger partial charge in [0.25, 0.3) is 0 Å². The maximum absolute atomic E-state index is 5.91. The Hall–Kier alpha value is -1.02. The van der Waals surface area contributed by atoms with Gasteiger partial charge in [-0.05, 0) is 50.8 Å². The molecule has 19 heavy (non-hydrogen) atoms. The van der Waals surface area contributed by atoms with Crippen molar-refractivity contribution in [1.82, 2.24) is 0 Å². The van der Waals surface area contributed by atoms with Gasteiger partial charge in [-0.25, -0.2) is 0 Å². The van der Waals surface area contributed by atoms with Crippen molar-refractivity contribution in [2.45, 2.75) is 57.5 Å². The van der Waals surface area contributed by atoms with E-state index in [0.29, 0.717) is 0 Å². The molecule has 0 saturated carbocycles. The van der Waals surface area contributed by atoms with Crippen LogP contribution in [0.5, 0.6) is 5.75 Å². The van der Waals surface area contributed by atoms with Crippen LogP contribution >= 0.6 is 0 Å². The molecule has 0 amide bonds. The van der Waals surface area contributed by atoms with Crippen molar-refractivity contribution < 1.29 is 9.47 Å². The first kappa shape index (κ1) is 14.4. The third-order valence-corrected chi connectivity index (χ3v) is 4.27. The minimum absolute atomic E-state index is 0.0205. The average molecular weight is 262 g/mol. The highest BCUT2D eigenvalue weighted by molar-refractivity contribution is 5.33. The molecule has 0 bridgehead atoms. The molecule has 0 radical (unpaired) electrons. The number of ether oxygens (including phenoxy) is 2. The van der Waals surface area contributed by atoms with Gasteiger partial charge in [0.2, 0.25) is 0 Å². The molecule has 1 unspecified atom stereocenters. The van der Waals surface area contributed by atoms with Crippen LogP contribution in [0.4, 0.5) is 0 Å². The van der Waals surface area contributed by atoms with E-state index in [4.69, 9.17) is 9.47 Å². The number of hydrogen-bond donors (Lipinski definition) is 0. The van der Waals surface area contributed by atoms with Gasteiger partial charge in [-0.1, -0.05) is 25.5 Å². The van der Waals surface area contributed by atoms with Gasteiger partial charge in [0.15, 0.2) is 0 Å². The molecule has 1 aromatic rings. The molecule has 1 aliphatic heterocycles. The lowest BCUT2D eigenvalue weighted by Gasteiger charge is -2.45. The van der Waals surface area contributed by atoms with Crippen LogP contribution in [0.3, 0.4) is 0 Å². The Morgan fingerprint density at radius 3 is 2.42 bits per heavy atom. The Morgan fingerprint density at radius 2 is 1.89 bits per heavy atom. The van der Waals surface area contributed by atoms with Gasteiger partial charge in [-0.3, -0.25) is 0 Å². The van der Waals surface area contributed by atoms with Crippen LogP contribution in [0.25, 0.3) is 0 Å². The molecule has 1 fully saturated rings. The first-order valence-corrected chi connectivity index (χ1v) is 7.30. The van der Waals surface area contributed by atoms with Gasteiger partial charge >= 0.3 is 0 Å². The zero-order valence-electron chi connectivity index (χ0n) is 12.7. The molecule has 2 heteroatoms. The second kappa shape index (κ2) is 5.54. The molecule has 106 valence electrons. The Balaban J connectivity index is 2.32. The Bertz CT molecular complexity index is 404. The molecular weight excluding hydrogens is 236 g/mol.